The van der Waals surface area contributed by atoms with Crippen LogP contribution in [0.1, 0.15) is 43.6 Å². The third-order valence-corrected chi connectivity index (χ3v) is 7.05. The van der Waals surface area contributed by atoms with Crippen LogP contribution in [0.5, 0.6) is 0 Å². The summed E-state index contributed by atoms with van der Waals surface area (Å²) in [5, 5.41) is 21.2. The van der Waals surface area contributed by atoms with Crippen molar-refractivity contribution in [2.24, 2.45) is 5.92 Å². The fraction of sp³-hybridized carbons (Fsp3) is 0.286. The monoisotopic (exact) mass is 575 g/mol. The van der Waals surface area contributed by atoms with Gasteiger partial charge >= 0.3 is 6.09 Å². The van der Waals surface area contributed by atoms with Crippen molar-refractivity contribution < 1.29 is 14.3 Å². The molecular formula is C28H30ClN9O3. The standard InChI is InChI=1S/C28H30ClN9O3/c1-17-4-3-5-22(34-26(39)11-6-18-12-19(29)7-10-25(18)38-16-32-36-37-38)27-31-15-24(35-27)21-9-8-20(33-28(40)41-2)13-23(21)30-14-17/h6-13,15-17,22,30H,3-5,14H2,1-2H3,(H,31,35)(H,33,40)(H,34,39). The number of fused-ring (bicyclic) bond motifs is 4. The van der Waals surface area contributed by atoms with Crippen molar-refractivity contribution in [1.82, 2.24) is 35.5 Å². The second-order valence-electron chi connectivity index (χ2n) is 9.83. The van der Waals surface area contributed by atoms with Gasteiger partial charge in [0.2, 0.25) is 5.91 Å². The zero-order valence-corrected chi connectivity index (χ0v) is 23.4. The molecule has 212 valence electrons. The number of hydrogen-bond donors (Lipinski definition) is 4. The number of halogens is 1. The van der Waals surface area contributed by atoms with Crippen LogP contribution in [0, 0.1) is 5.92 Å². The van der Waals surface area contributed by atoms with Gasteiger partial charge in [-0.1, -0.05) is 24.9 Å². The van der Waals surface area contributed by atoms with Crippen molar-refractivity contribution in [1.29, 1.82) is 0 Å². The van der Waals surface area contributed by atoms with Crippen molar-refractivity contribution >= 4 is 41.1 Å². The number of ether oxygens (including phenoxy) is 1. The number of nitrogens with zero attached hydrogens (tertiary/aromatic N) is 5. The smallest absolute Gasteiger partial charge is 0.411 e. The molecule has 3 heterocycles. The van der Waals surface area contributed by atoms with Gasteiger partial charge in [-0.05, 0) is 71.7 Å². The van der Waals surface area contributed by atoms with Crippen LogP contribution in [-0.4, -0.2) is 55.8 Å². The molecule has 0 spiro atoms. The van der Waals surface area contributed by atoms with E-state index in [2.05, 4.69) is 48.4 Å². The molecule has 0 radical (unpaired) electrons. The van der Waals surface area contributed by atoms with E-state index in [1.165, 1.54) is 24.2 Å². The van der Waals surface area contributed by atoms with Crippen molar-refractivity contribution in [3.05, 3.63) is 71.4 Å². The maximum absolute atomic E-state index is 13.1. The molecular weight excluding hydrogens is 546 g/mol. The summed E-state index contributed by atoms with van der Waals surface area (Å²) in [6.07, 6.45) is 8.42. The Balaban J connectivity index is 1.38. The number of benzene rings is 2. The Morgan fingerprint density at radius 3 is 2.88 bits per heavy atom. The van der Waals surface area contributed by atoms with Crippen LogP contribution in [0.2, 0.25) is 5.02 Å². The minimum atomic E-state index is -0.537. The molecule has 41 heavy (non-hydrogen) atoms. The van der Waals surface area contributed by atoms with Crippen LogP contribution in [0.15, 0.2) is 55.0 Å². The number of amides is 2. The number of hydrogen-bond acceptors (Lipinski definition) is 8. The number of methoxy groups -OCH3 is 1. The van der Waals surface area contributed by atoms with Gasteiger partial charge in [-0.2, -0.15) is 4.68 Å². The largest absolute Gasteiger partial charge is 0.453 e. The van der Waals surface area contributed by atoms with Crippen LogP contribution in [0.4, 0.5) is 16.2 Å². The minimum Gasteiger partial charge on any atom is -0.453 e. The lowest BCUT2D eigenvalue weighted by Crippen LogP contribution is -2.28. The molecule has 0 saturated heterocycles. The third-order valence-electron chi connectivity index (χ3n) is 6.81. The maximum Gasteiger partial charge on any atom is 0.411 e. The summed E-state index contributed by atoms with van der Waals surface area (Å²) < 4.78 is 6.23. The fourth-order valence-electron chi connectivity index (χ4n) is 4.68. The summed E-state index contributed by atoms with van der Waals surface area (Å²) in [6, 6.07) is 10.5. The number of rotatable bonds is 5. The quantitative estimate of drug-likeness (QED) is 0.243. The molecule has 2 bridgehead atoms. The fourth-order valence-corrected chi connectivity index (χ4v) is 4.86. The van der Waals surface area contributed by atoms with E-state index < -0.39 is 6.09 Å². The highest BCUT2D eigenvalue weighted by Gasteiger charge is 2.20. The lowest BCUT2D eigenvalue weighted by Gasteiger charge is -2.20. The summed E-state index contributed by atoms with van der Waals surface area (Å²) >= 11 is 6.21. The summed E-state index contributed by atoms with van der Waals surface area (Å²) in [5.74, 6) is 0.774. The van der Waals surface area contributed by atoms with E-state index in [4.69, 9.17) is 16.3 Å². The Hall–Kier alpha value is -4.71. The van der Waals surface area contributed by atoms with Gasteiger partial charge < -0.3 is 20.4 Å². The van der Waals surface area contributed by atoms with Crippen molar-refractivity contribution in [3.63, 3.8) is 0 Å². The van der Waals surface area contributed by atoms with Crippen LogP contribution in [0.25, 0.3) is 23.0 Å². The summed E-state index contributed by atoms with van der Waals surface area (Å²) in [7, 11) is 1.32. The molecule has 0 aliphatic carbocycles. The van der Waals surface area contributed by atoms with Gasteiger partial charge in [0.15, 0.2) is 0 Å². The molecule has 4 N–H and O–H groups in total. The molecule has 0 fully saturated rings. The number of tetrazole rings is 1. The van der Waals surface area contributed by atoms with Gasteiger partial charge in [0.05, 0.1) is 30.7 Å². The highest BCUT2D eigenvalue weighted by molar-refractivity contribution is 6.30. The van der Waals surface area contributed by atoms with Gasteiger partial charge in [0, 0.05) is 40.1 Å². The Morgan fingerprint density at radius 1 is 1.20 bits per heavy atom. The summed E-state index contributed by atoms with van der Waals surface area (Å²) in [4.78, 5) is 32.8. The second kappa shape index (κ2) is 12.6. The number of imidazole rings is 1. The SMILES string of the molecule is COC(=O)Nc1ccc2c(c1)NCC(C)CCCC(NC(=O)C=Cc1cc(Cl)ccc1-n1cnnn1)c1ncc-2[nH]1. The predicted octanol–water partition coefficient (Wildman–Crippen LogP) is 4.99. The topological polar surface area (TPSA) is 152 Å². The molecule has 0 saturated carbocycles. The van der Waals surface area contributed by atoms with Crippen LogP contribution < -0.4 is 16.0 Å². The van der Waals surface area contributed by atoms with Gasteiger partial charge in [-0.15, -0.1) is 5.10 Å². The highest BCUT2D eigenvalue weighted by Crippen LogP contribution is 2.32. The summed E-state index contributed by atoms with van der Waals surface area (Å²) in [5.41, 5.74) is 4.54. The first-order valence-corrected chi connectivity index (χ1v) is 13.6. The number of carbonyl (C=O) groups excluding carboxylic acids is 2. The van der Waals surface area contributed by atoms with E-state index >= 15 is 0 Å². The first-order chi connectivity index (χ1) is 19.9. The predicted molar refractivity (Wildman–Crippen MR) is 156 cm³/mol. The number of aromatic amines is 1. The number of nitrogens with one attached hydrogen (secondary N) is 4. The van der Waals surface area contributed by atoms with Gasteiger partial charge in [0.25, 0.3) is 0 Å². The average molecular weight is 576 g/mol. The molecule has 1 aliphatic heterocycles. The molecule has 12 nitrogen and oxygen atoms in total. The first-order valence-electron chi connectivity index (χ1n) is 13.2. The first kappa shape index (κ1) is 27.8. The van der Waals surface area contributed by atoms with E-state index in [1.807, 2.05) is 12.1 Å². The highest BCUT2D eigenvalue weighted by atomic mass is 35.5. The molecule has 2 unspecified atom stereocenters. The van der Waals surface area contributed by atoms with E-state index in [0.29, 0.717) is 33.7 Å². The molecule has 2 amide bonds. The van der Waals surface area contributed by atoms with E-state index in [-0.39, 0.29) is 11.9 Å². The van der Waals surface area contributed by atoms with Crippen molar-refractivity contribution in [2.45, 2.75) is 32.2 Å². The van der Waals surface area contributed by atoms with Crippen molar-refractivity contribution in [2.75, 3.05) is 24.3 Å². The average Bonchev–Trinajstić information content (AvgIpc) is 3.67. The molecule has 13 heteroatoms. The molecule has 2 aromatic heterocycles. The van der Waals surface area contributed by atoms with Gasteiger partial charge in [0.1, 0.15) is 12.2 Å². The van der Waals surface area contributed by atoms with Gasteiger partial charge in [-0.25, -0.2) is 9.78 Å². The zero-order valence-electron chi connectivity index (χ0n) is 22.6. The Labute approximate surface area is 241 Å². The number of aromatic nitrogens is 6. The number of carbonyl (C=O) groups is 2. The summed E-state index contributed by atoms with van der Waals surface area (Å²) in [6.45, 7) is 2.93. The Kier molecular flexibility index (Phi) is 8.59. The third kappa shape index (κ3) is 6.90. The van der Waals surface area contributed by atoms with Crippen molar-refractivity contribution in [3.8, 4) is 16.9 Å². The van der Waals surface area contributed by atoms with E-state index in [1.54, 1.807) is 36.5 Å². The number of H-pyrrole nitrogens is 1. The lowest BCUT2D eigenvalue weighted by atomic mass is 10.00. The molecule has 2 atom stereocenters. The number of anilines is 2. The normalized spacial score (nSPS) is 17.0. The van der Waals surface area contributed by atoms with E-state index in [9.17, 15) is 9.59 Å². The van der Waals surface area contributed by atoms with E-state index in [0.717, 1.165) is 42.8 Å². The second-order valence-corrected chi connectivity index (χ2v) is 10.3. The van der Waals surface area contributed by atoms with Gasteiger partial charge in [-0.3, -0.25) is 10.1 Å². The lowest BCUT2D eigenvalue weighted by molar-refractivity contribution is -0.117. The van der Waals surface area contributed by atoms with Crippen LogP contribution in [-0.2, 0) is 9.53 Å². The van der Waals surface area contributed by atoms with Crippen LogP contribution >= 0.6 is 11.6 Å². The van der Waals surface area contributed by atoms with Crippen LogP contribution in [0.3, 0.4) is 0 Å². The Morgan fingerprint density at radius 2 is 2.07 bits per heavy atom. The molecule has 2 aromatic carbocycles. The Bertz CT molecular complexity index is 1550. The molecule has 1 aliphatic rings. The maximum atomic E-state index is 13.1. The zero-order chi connectivity index (χ0) is 28.8. The minimum absolute atomic E-state index is 0.267. The molecule has 5 rings (SSSR count). The molecule has 4 aromatic rings.